The number of allylic oxidation sites excluding steroid dienone is 1. The molecule has 0 unspecified atom stereocenters. The minimum atomic E-state index is -0.608. The number of carbonyl (C=O) groups is 1. The van der Waals surface area contributed by atoms with Crippen molar-refractivity contribution in [2.45, 2.75) is 6.42 Å². The standard InChI is InChI=1S/C29H24N4O5/c1-3-8-20-13-18(14-24(36-2)27(20)37-17-26(30)34)16-31-33-28(25-15-19-9-4-7-12-23(19)38-25)32-22-11-6-5-10-21(22)29(33)35/h3-7,9-16H,1,8,17H2,2H3,(H2,30,34). The third kappa shape index (κ3) is 4.77. The Balaban J connectivity index is 1.65. The highest BCUT2D eigenvalue weighted by Gasteiger charge is 2.17. The van der Waals surface area contributed by atoms with Crippen LogP contribution in [-0.2, 0) is 11.2 Å². The zero-order chi connectivity index (χ0) is 26.6. The molecule has 5 rings (SSSR count). The van der Waals surface area contributed by atoms with E-state index >= 15 is 0 Å². The Hall–Kier alpha value is -5.18. The molecule has 1 amide bonds. The van der Waals surface area contributed by atoms with Crippen LogP contribution >= 0.6 is 0 Å². The second kappa shape index (κ2) is 10.4. The van der Waals surface area contributed by atoms with Gasteiger partial charge in [0, 0.05) is 10.9 Å². The van der Waals surface area contributed by atoms with Crippen LogP contribution in [0.15, 0.2) is 93.7 Å². The summed E-state index contributed by atoms with van der Waals surface area (Å²) in [4.78, 5) is 29.5. The normalized spacial score (nSPS) is 11.3. The van der Waals surface area contributed by atoms with Crippen LogP contribution in [0.25, 0.3) is 33.5 Å². The van der Waals surface area contributed by atoms with E-state index in [4.69, 9.17) is 24.6 Å². The second-order valence-electron chi connectivity index (χ2n) is 8.42. The Morgan fingerprint density at radius 2 is 1.95 bits per heavy atom. The SMILES string of the molecule is C=CCc1cc(C=Nn2c(-c3cc4ccccc4o3)nc3ccccc3c2=O)cc(OC)c1OCC(N)=O. The number of rotatable bonds is 9. The van der Waals surface area contributed by atoms with Gasteiger partial charge in [-0.25, -0.2) is 4.98 Å². The highest BCUT2D eigenvalue weighted by molar-refractivity contribution is 5.85. The van der Waals surface area contributed by atoms with Gasteiger partial charge in [-0.1, -0.05) is 36.4 Å². The van der Waals surface area contributed by atoms with E-state index < -0.39 is 5.91 Å². The van der Waals surface area contributed by atoms with Gasteiger partial charge in [0.2, 0.25) is 5.82 Å². The van der Waals surface area contributed by atoms with E-state index in [0.717, 1.165) is 5.39 Å². The number of nitrogens with zero attached hydrogens (tertiary/aromatic N) is 3. The Morgan fingerprint density at radius 3 is 2.71 bits per heavy atom. The highest BCUT2D eigenvalue weighted by Crippen LogP contribution is 2.33. The molecule has 0 aliphatic heterocycles. The number of methoxy groups -OCH3 is 1. The van der Waals surface area contributed by atoms with Crippen molar-refractivity contribution in [1.82, 2.24) is 9.66 Å². The number of nitrogens with two attached hydrogens (primary N) is 1. The van der Waals surface area contributed by atoms with Crippen LogP contribution in [-0.4, -0.2) is 35.5 Å². The average molecular weight is 509 g/mol. The minimum Gasteiger partial charge on any atom is -0.493 e. The minimum absolute atomic E-state index is 0.265. The number of benzene rings is 3. The molecule has 2 heterocycles. The molecule has 0 saturated heterocycles. The van der Waals surface area contributed by atoms with E-state index in [1.54, 1.807) is 30.3 Å². The predicted molar refractivity (Wildman–Crippen MR) is 146 cm³/mol. The third-order valence-electron chi connectivity index (χ3n) is 5.82. The van der Waals surface area contributed by atoms with Gasteiger partial charge in [0.25, 0.3) is 11.5 Å². The van der Waals surface area contributed by atoms with E-state index in [0.29, 0.717) is 51.3 Å². The predicted octanol–water partition coefficient (Wildman–Crippen LogP) is 4.29. The molecule has 5 aromatic rings. The van der Waals surface area contributed by atoms with Crippen LogP contribution in [0.4, 0.5) is 0 Å². The van der Waals surface area contributed by atoms with Crippen molar-refractivity contribution in [1.29, 1.82) is 0 Å². The molecule has 0 aliphatic carbocycles. The molecule has 2 N–H and O–H groups in total. The monoisotopic (exact) mass is 508 g/mol. The molecule has 0 spiro atoms. The lowest BCUT2D eigenvalue weighted by molar-refractivity contribution is -0.119. The number of carbonyl (C=O) groups excluding carboxylic acids is 1. The number of fused-ring (bicyclic) bond motifs is 2. The number of amides is 1. The van der Waals surface area contributed by atoms with Crippen molar-refractivity contribution in [3.8, 4) is 23.1 Å². The molecule has 0 bridgehead atoms. The lowest BCUT2D eigenvalue weighted by Gasteiger charge is -2.15. The molecular formula is C29H24N4O5. The van der Waals surface area contributed by atoms with Crippen LogP contribution in [0.1, 0.15) is 11.1 Å². The summed E-state index contributed by atoms with van der Waals surface area (Å²) in [6.07, 6.45) is 3.66. The van der Waals surface area contributed by atoms with E-state index in [1.807, 2.05) is 42.5 Å². The van der Waals surface area contributed by atoms with Crippen LogP contribution < -0.4 is 20.8 Å². The van der Waals surface area contributed by atoms with E-state index in [9.17, 15) is 9.59 Å². The summed E-state index contributed by atoms with van der Waals surface area (Å²) in [5.41, 5.74) is 7.44. The van der Waals surface area contributed by atoms with Gasteiger partial charge in [0.15, 0.2) is 23.9 Å². The molecule has 0 atom stereocenters. The van der Waals surface area contributed by atoms with Crippen molar-refractivity contribution < 1.29 is 18.7 Å². The highest BCUT2D eigenvalue weighted by atomic mass is 16.5. The van der Waals surface area contributed by atoms with Crippen LogP contribution in [0.5, 0.6) is 11.5 Å². The van der Waals surface area contributed by atoms with Gasteiger partial charge in [-0.05, 0) is 48.4 Å². The molecule has 3 aromatic carbocycles. The van der Waals surface area contributed by atoms with Gasteiger partial charge >= 0.3 is 0 Å². The number of furan rings is 1. The number of ether oxygens (including phenoxy) is 2. The summed E-state index contributed by atoms with van der Waals surface area (Å²) in [5, 5.41) is 5.81. The summed E-state index contributed by atoms with van der Waals surface area (Å²) < 4.78 is 18.3. The first kappa shape index (κ1) is 24.5. The average Bonchev–Trinajstić information content (AvgIpc) is 3.36. The Labute approximate surface area is 217 Å². The fraction of sp³-hybridized carbons (Fsp3) is 0.103. The summed E-state index contributed by atoms with van der Waals surface area (Å²) >= 11 is 0. The summed E-state index contributed by atoms with van der Waals surface area (Å²) in [6.45, 7) is 3.49. The molecule has 9 nitrogen and oxygen atoms in total. The number of primary amides is 1. The smallest absolute Gasteiger partial charge is 0.282 e. The maximum absolute atomic E-state index is 13.5. The van der Waals surface area contributed by atoms with Crippen molar-refractivity contribution in [3.63, 3.8) is 0 Å². The zero-order valence-corrected chi connectivity index (χ0v) is 20.6. The topological polar surface area (TPSA) is 122 Å². The van der Waals surface area contributed by atoms with Gasteiger partial charge in [0.05, 0.1) is 24.2 Å². The van der Waals surface area contributed by atoms with Gasteiger partial charge in [-0.3, -0.25) is 9.59 Å². The molecule has 0 radical (unpaired) electrons. The molecule has 2 aromatic heterocycles. The summed E-state index contributed by atoms with van der Waals surface area (Å²) in [6, 6.07) is 19.9. The Kier molecular flexibility index (Phi) is 6.73. The van der Waals surface area contributed by atoms with E-state index in [-0.39, 0.29) is 18.0 Å². The molecular weight excluding hydrogens is 484 g/mol. The zero-order valence-electron chi connectivity index (χ0n) is 20.6. The first-order valence-corrected chi connectivity index (χ1v) is 11.8. The molecule has 0 fully saturated rings. The van der Waals surface area contributed by atoms with Gasteiger partial charge in [-0.15, -0.1) is 6.58 Å². The van der Waals surface area contributed by atoms with Gasteiger partial charge in [-0.2, -0.15) is 9.78 Å². The number of hydrogen-bond donors (Lipinski definition) is 1. The fourth-order valence-electron chi connectivity index (χ4n) is 4.13. The van der Waals surface area contributed by atoms with Crippen LogP contribution in [0, 0.1) is 0 Å². The van der Waals surface area contributed by atoms with Crippen molar-refractivity contribution >= 4 is 34.0 Å². The molecule has 190 valence electrons. The molecule has 0 saturated carbocycles. The number of hydrogen-bond acceptors (Lipinski definition) is 7. The second-order valence-corrected chi connectivity index (χ2v) is 8.42. The molecule has 38 heavy (non-hydrogen) atoms. The number of aromatic nitrogens is 2. The van der Waals surface area contributed by atoms with E-state index in [1.165, 1.54) is 18.0 Å². The van der Waals surface area contributed by atoms with Gasteiger partial charge < -0.3 is 19.6 Å². The quantitative estimate of drug-likeness (QED) is 0.234. The Morgan fingerprint density at radius 1 is 1.16 bits per heavy atom. The molecule has 0 aliphatic rings. The maximum Gasteiger partial charge on any atom is 0.282 e. The summed E-state index contributed by atoms with van der Waals surface area (Å²) in [5.74, 6) is 0.833. The van der Waals surface area contributed by atoms with Crippen molar-refractivity contribution in [3.05, 3.63) is 101 Å². The third-order valence-corrected chi connectivity index (χ3v) is 5.82. The lowest BCUT2D eigenvalue weighted by Crippen LogP contribution is -2.21. The van der Waals surface area contributed by atoms with Crippen molar-refractivity contribution in [2.75, 3.05) is 13.7 Å². The van der Waals surface area contributed by atoms with Crippen LogP contribution in [0.2, 0.25) is 0 Å². The first-order chi connectivity index (χ1) is 18.5. The van der Waals surface area contributed by atoms with Crippen LogP contribution in [0.3, 0.4) is 0 Å². The largest absolute Gasteiger partial charge is 0.493 e. The van der Waals surface area contributed by atoms with E-state index in [2.05, 4.69) is 11.7 Å². The number of para-hydroxylation sites is 2. The fourth-order valence-corrected chi connectivity index (χ4v) is 4.13. The molecule has 9 heteroatoms. The van der Waals surface area contributed by atoms with Gasteiger partial charge in [0.1, 0.15) is 5.58 Å². The maximum atomic E-state index is 13.5. The Bertz CT molecular complexity index is 1730. The first-order valence-electron chi connectivity index (χ1n) is 11.8. The summed E-state index contributed by atoms with van der Waals surface area (Å²) in [7, 11) is 1.49. The van der Waals surface area contributed by atoms with Crippen molar-refractivity contribution in [2.24, 2.45) is 10.8 Å². The lowest BCUT2D eigenvalue weighted by atomic mass is 10.1.